The van der Waals surface area contributed by atoms with Gasteiger partial charge in [-0.25, -0.2) is 15.8 Å². The third-order valence-electron chi connectivity index (χ3n) is 4.30. The van der Waals surface area contributed by atoms with Crippen molar-refractivity contribution in [2.45, 2.75) is 39.2 Å². The molecule has 112 valence electrons. The Hall–Kier alpha value is -1.40. The minimum absolute atomic E-state index is 0.545. The Morgan fingerprint density at radius 2 is 2.05 bits per heavy atom. The normalized spacial score (nSPS) is 17.2. The van der Waals surface area contributed by atoms with E-state index in [1.807, 2.05) is 0 Å². The van der Waals surface area contributed by atoms with Crippen LogP contribution in [0.3, 0.4) is 0 Å². The lowest BCUT2D eigenvalue weighted by Crippen LogP contribution is -2.44. The molecule has 1 saturated heterocycles. The van der Waals surface area contributed by atoms with E-state index in [4.69, 9.17) is 5.84 Å². The number of aromatic nitrogens is 2. The number of piperidine rings is 1. The summed E-state index contributed by atoms with van der Waals surface area (Å²) in [4.78, 5) is 13.5. The number of hydrogen-bond donors (Lipinski definition) is 2. The molecule has 0 spiro atoms. The van der Waals surface area contributed by atoms with Gasteiger partial charge < -0.3 is 15.2 Å². The molecule has 0 aliphatic carbocycles. The highest BCUT2D eigenvalue weighted by Crippen LogP contribution is 2.27. The summed E-state index contributed by atoms with van der Waals surface area (Å²) >= 11 is 0. The zero-order valence-corrected chi connectivity index (χ0v) is 12.8. The van der Waals surface area contributed by atoms with Crippen LogP contribution in [0.2, 0.25) is 0 Å². The predicted molar refractivity (Wildman–Crippen MR) is 82.8 cm³/mol. The molecule has 0 aromatic carbocycles. The Morgan fingerprint density at radius 3 is 2.60 bits per heavy atom. The highest BCUT2D eigenvalue weighted by Gasteiger charge is 2.24. The first-order chi connectivity index (χ1) is 9.71. The topological polar surface area (TPSA) is 70.3 Å². The molecule has 1 aromatic heterocycles. The molecular weight excluding hydrogens is 252 g/mol. The summed E-state index contributed by atoms with van der Waals surface area (Å²) in [6.45, 7) is 7.81. The molecule has 0 bridgehead atoms. The minimum atomic E-state index is 0.545. The van der Waals surface area contributed by atoms with E-state index in [-0.39, 0.29) is 0 Å². The Labute approximate surface area is 121 Å². The van der Waals surface area contributed by atoms with Crippen molar-refractivity contribution < 1.29 is 0 Å². The van der Waals surface area contributed by atoms with Crippen LogP contribution in [-0.4, -0.2) is 47.6 Å². The van der Waals surface area contributed by atoms with Gasteiger partial charge in [0.2, 0.25) is 0 Å². The van der Waals surface area contributed by atoms with Crippen molar-refractivity contribution in [1.82, 2.24) is 14.9 Å². The quantitative estimate of drug-likeness (QED) is 0.624. The van der Waals surface area contributed by atoms with Crippen molar-refractivity contribution in [3.8, 4) is 0 Å². The number of rotatable bonds is 5. The Balaban J connectivity index is 2.15. The van der Waals surface area contributed by atoms with Gasteiger partial charge in [0.1, 0.15) is 18.0 Å². The van der Waals surface area contributed by atoms with Crippen LogP contribution in [0, 0.1) is 0 Å². The van der Waals surface area contributed by atoms with Gasteiger partial charge in [0.25, 0.3) is 0 Å². The zero-order chi connectivity index (χ0) is 14.5. The molecule has 3 N–H and O–H groups in total. The number of hydrogen-bond acceptors (Lipinski definition) is 6. The average molecular weight is 278 g/mol. The number of anilines is 2. The molecule has 0 radical (unpaired) electrons. The molecule has 2 rings (SSSR count). The van der Waals surface area contributed by atoms with Gasteiger partial charge in [-0.05, 0) is 25.8 Å². The maximum atomic E-state index is 5.54. The van der Waals surface area contributed by atoms with Crippen molar-refractivity contribution in [2.75, 3.05) is 37.0 Å². The fourth-order valence-electron chi connectivity index (χ4n) is 2.95. The van der Waals surface area contributed by atoms with Crippen LogP contribution in [-0.2, 0) is 6.42 Å². The molecule has 0 saturated carbocycles. The highest BCUT2D eigenvalue weighted by atomic mass is 15.3. The lowest BCUT2D eigenvalue weighted by atomic mass is 10.0. The minimum Gasteiger partial charge on any atom is -0.356 e. The summed E-state index contributed by atoms with van der Waals surface area (Å²) in [6, 6.07) is 0.545. The van der Waals surface area contributed by atoms with Crippen molar-refractivity contribution in [2.24, 2.45) is 5.84 Å². The second kappa shape index (κ2) is 6.85. The molecule has 0 unspecified atom stereocenters. The summed E-state index contributed by atoms with van der Waals surface area (Å²) in [7, 11) is 2.13. The average Bonchev–Trinajstić information content (AvgIpc) is 2.53. The summed E-state index contributed by atoms with van der Waals surface area (Å²) in [6.07, 6.45) is 4.82. The number of hydrazine groups is 1. The first kappa shape index (κ1) is 15.0. The molecule has 0 atom stereocenters. The number of nitrogens with one attached hydrogen (secondary N) is 1. The molecule has 6 heteroatoms. The van der Waals surface area contributed by atoms with Crippen molar-refractivity contribution in [3.63, 3.8) is 0 Å². The van der Waals surface area contributed by atoms with Crippen molar-refractivity contribution in [1.29, 1.82) is 0 Å². The highest BCUT2D eigenvalue weighted by molar-refractivity contribution is 5.58. The largest absolute Gasteiger partial charge is 0.356 e. The van der Waals surface area contributed by atoms with Crippen LogP contribution in [0.1, 0.15) is 32.3 Å². The number of nitrogen functional groups attached to an aromatic ring is 1. The van der Waals surface area contributed by atoms with E-state index in [0.717, 1.165) is 30.2 Å². The first-order valence-electron chi connectivity index (χ1n) is 7.46. The fourth-order valence-corrected chi connectivity index (χ4v) is 2.95. The molecule has 1 aliphatic rings. The molecule has 20 heavy (non-hydrogen) atoms. The predicted octanol–water partition coefficient (Wildman–Crippen LogP) is 1.25. The van der Waals surface area contributed by atoms with Gasteiger partial charge in [-0.3, -0.25) is 0 Å². The summed E-state index contributed by atoms with van der Waals surface area (Å²) in [5.74, 6) is 7.28. The molecule has 1 aliphatic heterocycles. The number of nitrogens with two attached hydrogens (primary N) is 1. The van der Waals surface area contributed by atoms with Gasteiger partial charge in [0, 0.05) is 31.7 Å². The third-order valence-corrected chi connectivity index (χ3v) is 4.30. The summed E-state index contributed by atoms with van der Waals surface area (Å²) in [5, 5.41) is 0. The maximum absolute atomic E-state index is 5.54. The molecule has 2 heterocycles. The monoisotopic (exact) mass is 278 g/mol. The standard InChI is InChI=1S/C14H26N6/c1-4-12-13(18-15)16-10-17-14(12)19(3)11-6-8-20(5-2)9-7-11/h10-11H,4-9,15H2,1-3H3,(H,16,17,18). The van der Waals surface area contributed by atoms with Crippen LogP contribution < -0.4 is 16.2 Å². The lowest BCUT2D eigenvalue weighted by Gasteiger charge is -2.37. The molecule has 6 nitrogen and oxygen atoms in total. The second-order valence-corrected chi connectivity index (χ2v) is 5.30. The van der Waals surface area contributed by atoms with E-state index in [1.165, 1.54) is 25.9 Å². The Morgan fingerprint density at radius 1 is 1.35 bits per heavy atom. The van der Waals surface area contributed by atoms with Gasteiger partial charge in [-0.1, -0.05) is 13.8 Å². The molecule has 1 aromatic rings. The third kappa shape index (κ3) is 3.02. The van der Waals surface area contributed by atoms with Gasteiger partial charge in [0.05, 0.1) is 0 Å². The van der Waals surface area contributed by atoms with E-state index in [0.29, 0.717) is 6.04 Å². The summed E-state index contributed by atoms with van der Waals surface area (Å²) < 4.78 is 0. The van der Waals surface area contributed by atoms with E-state index in [1.54, 1.807) is 6.33 Å². The summed E-state index contributed by atoms with van der Waals surface area (Å²) in [5.41, 5.74) is 3.77. The fraction of sp³-hybridized carbons (Fsp3) is 0.714. The van der Waals surface area contributed by atoms with E-state index in [2.05, 4.69) is 46.1 Å². The molecular formula is C14H26N6. The van der Waals surface area contributed by atoms with Gasteiger partial charge in [-0.2, -0.15) is 0 Å². The maximum Gasteiger partial charge on any atom is 0.148 e. The molecule has 0 amide bonds. The molecule has 1 fully saturated rings. The smallest absolute Gasteiger partial charge is 0.148 e. The Kier molecular flexibility index (Phi) is 5.14. The second-order valence-electron chi connectivity index (χ2n) is 5.30. The van der Waals surface area contributed by atoms with Crippen molar-refractivity contribution >= 4 is 11.6 Å². The van der Waals surface area contributed by atoms with Gasteiger partial charge >= 0.3 is 0 Å². The van der Waals surface area contributed by atoms with Gasteiger partial charge in [-0.15, -0.1) is 0 Å². The van der Waals surface area contributed by atoms with E-state index in [9.17, 15) is 0 Å². The van der Waals surface area contributed by atoms with Crippen LogP contribution in [0.15, 0.2) is 6.33 Å². The van der Waals surface area contributed by atoms with E-state index >= 15 is 0 Å². The van der Waals surface area contributed by atoms with Crippen LogP contribution in [0.5, 0.6) is 0 Å². The SMILES string of the molecule is CCc1c(NN)ncnc1N(C)C1CCN(CC)CC1. The number of nitrogens with zero attached hydrogens (tertiary/aromatic N) is 4. The first-order valence-corrected chi connectivity index (χ1v) is 7.46. The van der Waals surface area contributed by atoms with Crippen LogP contribution >= 0.6 is 0 Å². The van der Waals surface area contributed by atoms with Crippen molar-refractivity contribution in [3.05, 3.63) is 11.9 Å². The van der Waals surface area contributed by atoms with E-state index < -0.39 is 0 Å². The van der Waals surface area contributed by atoms with Gasteiger partial charge in [0.15, 0.2) is 0 Å². The van der Waals surface area contributed by atoms with Crippen LogP contribution in [0.4, 0.5) is 11.6 Å². The number of likely N-dealkylation sites (tertiary alicyclic amines) is 1. The zero-order valence-electron chi connectivity index (χ0n) is 12.8. The lowest BCUT2D eigenvalue weighted by molar-refractivity contribution is 0.220. The Bertz CT molecular complexity index is 428. The van der Waals surface area contributed by atoms with Crippen LogP contribution in [0.25, 0.3) is 0 Å².